The number of nitrogens with one attached hydrogen (secondary N) is 5. The van der Waals surface area contributed by atoms with Crippen molar-refractivity contribution in [2.24, 2.45) is 58.2 Å². The minimum atomic E-state index is -2.02. The Bertz CT molecular complexity index is 2170. The van der Waals surface area contributed by atoms with Crippen LogP contribution in [0.5, 0.6) is 0 Å². The van der Waals surface area contributed by atoms with Crippen molar-refractivity contribution < 1.29 is 49.2 Å². The molecule has 4 saturated carbocycles. The maximum Gasteiger partial charge on any atom is 0.325 e. The van der Waals surface area contributed by atoms with Crippen molar-refractivity contribution in [2.45, 2.75) is 181 Å². The lowest BCUT2D eigenvalue weighted by molar-refractivity contribution is -0.284. The van der Waals surface area contributed by atoms with Crippen LogP contribution in [-0.2, 0) is 41.6 Å². The molecule has 392 valence electrons. The monoisotopic (exact) mass is 986 g/mol. The summed E-state index contributed by atoms with van der Waals surface area (Å²) in [6.45, 7) is 15.8. The Morgan fingerprint density at radius 3 is 1.75 bits per heavy atom. The lowest BCUT2D eigenvalue weighted by atomic mass is 9.44. The highest BCUT2D eigenvalue weighted by Crippen LogP contribution is 2.68. The van der Waals surface area contributed by atoms with Crippen LogP contribution in [0.3, 0.4) is 0 Å². The van der Waals surface area contributed by atoms with Gasteiger partial charge in [-0.1, -0.05) is 109 Å². The molecule has 0 heterocycles. The van der Waals surface area contributed by atoms with Crippen molar-refractivity contribution in [2.75, 3.05) is 0 Å². The number of fused-ring (bicyclic) bond motifs is 5. The van der Waals surface area contributed by atoms with Gasteiger partial charge in [-0.25, -0.2) is 0 Å². The van der Waals surface area contributed by atoms with Crippen LogP contribution in [0.4, 0.5) is 0 Å². The van der Waals surface area contributed by atoms with E-state index in [2.05, 4.69) is 47.4 Å². The lowest BCUT2D eigenvalue weighted by Crippen LogP contribution is -2.60. The third-order valence-electron chi connectivity index (χ3n) is 17.5. The summed E-state index contributed by atoms with van der Waals surface area (Å²) >= 11 is 0. The number of carbonyl (C=O) groups excluding carboxylic acids is 5. The van der Waals surface area contributed by atoms with Crippen molar-refractivity contribution in [1.29, 1.82) is 0 Å². The molecular weight excluding hydrogens is 903 g/mol. The first-order valence-corrected chi connectivity index (χ1v) is 26.4. The Hall–Kier alpha value is -4.86. The number of benzene rings is 2. The summed E-state index contributed by atoms with van der Waals surface area (Å²) in [6.07, 6.45) is 7.20. The molecule has 0 aromatic heterocycles. The normalized spacial score (nSPS) is 29.1. The first-order chi connectivity index (χ1) is 33.4. The molecule has 2 aromatic rings. The second-order valence-electron chi connectivity index (χ2n) is 23.3. The van der Waals surface area contributed by atoms with Crippen molar-refractivity contribution in [3.05, 3.63) is 71.8 Å². The molecule has 15 heteroatoms. The molecule has 71 heavy (non-hydrogen) atoms. The van der Waals surface area contributed by atoms with Crippen LogP contribution >= 0.6 is 0 Å². The molecule has 5 amide bonds. The zero-order chi connectivity index (χ0) is 52.0. The second kappa shape index (κ2) is 23.3. The van der Waals surface area contributed by atoms with Crippen LogP contribution < -0.4 is 26.6 Å². The zero-order valence-electron chi connectivity index (χ0n) is 43.3. The van der Waals surface area contributed by atoms with Gasteiger partial charge in [-0.2, -0.15) is 0 Å². The highest BCUT2D eigenvalue weighted by Gasteiger charge is 2.63. The molecule has 4 aliphatic rings. The van der Waals surface area contributed by atoms with E-state index in [-0.39, 0.29) is 60.2 Å². The van der Waals surface area contributed by atoms with Gasteiger partial charge < -0.3 is 47.0 Å². The number of carbonyl (C=O) groups is 6. The van der Waals surface area contributed by atoms with Crippen LogP contribution in [0, 0.1) is 58.2 Å². The Labute approximate surface area is 420 Å². The number of aliphatic carboxylic acids is 1. The molecule has 0 spiro atoms. The third-order valence-corrected chi connectivity index (χ3v) is 17.5. The maximum absolute atomic E-state index is 14.3. The number of carboxylic acids is 1. The number of aliphatic hydroxyl groups excluding tert-OH is 1. The zero-order valence-corrected chi connectivity index (χ0v) is 43.3. The number of aliphatic hydroxyl groups is 3. The Morgan fingerprint density at radius 1 is 0.634 bits per heavy atom. The van der Waals surface area contributed by atoms with Crippen molar-refractivity contribution in [3.63, 3.8) is 0 Å². The van der Waals surface area contributed by atoms with Gasteiger partial charge in [0.2, 0.25) is 29.5 Å². The van der Waals surface area contributed by atoms with E-state index in [0.717, 1.165) is 49.7 Å². The molecule has 0 aliphatic heterocycles. The fourth-order valence-corrected chi connectivity index (χ4v) is 13.6. The Balaban J connectivity index is 1.09. The van der Waals surface area contributed by atoms with Gasteiger partial charge in [0.15, 0.2) is 5.79 Å². The van der Waals surface area contributed by atoms with E-state index in [4.69, 9.17) is 0 Å². The van der Waals surface area contributed by atoms with Gasteiger partial charge in [-0.05, 0) is 134 Å². The van der Waals surface area contributed by atoms with Crippen molar-refractivity contribution in [3.8, 4) is 0 Å². The van der Waals surface area contributed by atoms with Gasteiger partial charge in [0.05, 0.1) is 0 Å². The molecule has 15 nitrogen and oxygen atoms in total. The van der Waals surface area contributed by atoms with E-state index in [1.807, 2.05) is 38.1 Å². The molecular formula is C56H83N5O10. The van der Waals surface area contributed by atoms with Gasteiger partial charge in [-0.15, -0.1) is 0 Å². The van der Waals surface area contributed by atoms with E-state index < -0.39 is 77.6 Å². The first kappa shape index (κ1) is 55.5. The van der Waals surface area contributed by atoms with E-state index in [1.165, 1.54) is 6.92 Å². The summed E-state index contributed by atoms with van der Waals surface area (Å²) in [5, 5.41) is 55.3. The summed E-state index contributed by atoms with van der Waals surface area (Å²) in [6, 6.07) is 12.4. The minimum absolute atomic E-state index is 0.0317. The molecule has 4 aliphatic carbocycles. The van der Waals surface area contributed by atoms with Crippen molar-refractivity contribution >= 4 is 35.5 Å². The lowest BCUT2D eigenvalue weighted by Gasteiger charge is -2.62. The fraction of sp³-hybridized carbons (Fsp3) is 0.679. The summed E-state index contributed by atoms with van der Waals surface area (Å²) in [5.74, 6) is -4.01. The highest BCUT2D eigenvalue weighted by molar-refractivity contribution is 5.96. The predicted molar refractivity (Wildman–Crippen MR) is 270 cm³/mol. The average Bonchev–Trinajstić information content (AvgIpc) is 3.67. The Morgan fingerprint density at radius 2 is 1.18 bits per heavy atom. The summed E-state index contributed by atoms with van der Waals surface area (Å²) in [4.78, 5) is 81.6. The molecule has 0 bridgehead atoms. The topological polar surface area (TPSA) is 243 Å². The number of carboxylic acid groups (broad SMARTS) is 1. The number of hydrogen-bond acceptors (Lipinski definition) is 9. The molecule has 4 fully saturated rings. The van der Waals surface area contributed by atoms with E-state index in [9.17, 15) is 49.2 Å². The molecule has 0 saturated heterocycles. The highest BCUT2D eigenvalue weighted by atomic mass is 16.5. The molecule has 2 aromatic carbocycles. The van der Waals surface area contributed by atoms with Gasteiger partial charge in [0.25, 0.3) is 0 Å². The van der Waals surface area contributed by atoms with Gasteiger partial charge in [-0.3, -0.25) is 28.8 Å². The summed E-state index contributed by atoms with van der Waals surface area (Å²) in [5.41, 5.74) is 1.45. The molecule has 14 atom stereocenters. The smallest absolute Gasteiger partial charge is 0.325 e. The van der Waals surface area contributed by atoms with E-state index >= 15 is 0 Å². The maximum atomic E-state index is 14.3. The van der Waals surface area contributed by atoms with Crippen LogP contribution in [0.1, 0.15) is 137 Å². The fourth-order valence-electron chi connectivity index (χ4n) is 13.6. The van der Waals surface area contributed by atoms with Crippen LogP contribution in [-0.4, -0.2) is 98.0 Å². The average molecular weight is 986 g/mol. The number of rotatable bonds is 21. The quantitative estimate of drug-likeness (QED) is 0.0719. The summed E-state index contributed by atoms with van der Waals surface area (Å²) in [7, 11) is 0. The van der Waals surface area contributed by atoms with Crippen LogP contribution in [0.25, 0.3) is 0 Å². The van der Waals surface area contributed by atoms with Gasteiger partial charge in [0, 0.05) is 25.7 Å². The predicted octanol–water partition coefficient (Wildman–Crippen LogP) is 5.43. The third kappa shape index (κ3) is 13.2. The Kier molecular flexibility index (Phi) is 18.2. The van der Waals surface area contributed by atoms with E-state index in [1.54, 1.807) is 50.2 Å². The second-order valence-corrected chi connectivity index (χ2v) is 23.3. The van der Waals surface area contributed by atoms with Gasteiger partial charge in [0.1, 0.15) is 36.3 Å². The first-order valence-electron chi connectivity index (χ1n) is 26.4. The number of hydrogen-bond donors (Lipinski definition) is 9. The summed E-state index contributed by atoms with van der Waals surface area (Å²) < 4.78 is 0. The molecule has 0 radical (unpaired) electrons. The largest absolute Gasteiger partial charge is 0.480 e. The van der Waals surface area contributed by atoms with Gasteiger partial charge >= 0.3 is 5.97 Å². The number of amides is 5. The SMILES string of the molecule is CC(C)C[C@H](NC(=O)CC[C@@H](C)[C@H]1CCC2C3CC[C@@H]4CC(O)(O)C(O)C[C@]4(C)C3CC[C@@]21C)C(=O)N[C@H](C(=O)N[C@@H](Cc1ccccc1)C(=O)N[C@@H](Cc1ccccc1)C(=O)N[C@@H](C)C(=O)O)C(C)C. The van der Waals surface area contributed by atoms with Crippen LogP contribution in [0.15, 0.2) is 60.7 Å². The minimum Gasteiger partial charge on any atom is -0.480 e. The molecule has 6 rings (SSSR count). The molecule has 4 unspecified atom stereocenters. The van der Waals surface area contributed by atoms with Crippen LogP contribution in [0.2, 0.25) is 0 Å². The standard InChI is InChI=1S/C56H83N5O10/c1-32(2)27-43(58-47(63)24-19-34(5)40-22-23-41-39-21-20-38-30-56(70,71)46(62)31-55(38,8)42(39)25-26-54(40,41)7)51(66)61-48(33(3)4)52(67)60-45(29-37-17-13-10-14-18-37)50(65)59-44(28-36-15-11-9-12-16-36)49(64)57-35(6)53(68)69/h9-18,32-35,38-46,48,62,70-71H,19-31H2,1-8H3,(H,57,64)(H,58,63)(H,59,65)(H,60,67)(H,61,66)(H,68,69)/t34-,35+,38-,39?,40-,41?,42?,43+,44+,45+,46?,48+,54-,55+/m1/s1. The van der Waals surface area contributed by atoms with Crippen molar-refractivity contribution in [1.82, 2.24) is 26.6 Å². The van der Waals surface area contributed by atoms with E-state index in [0.29, 0.717) is 42.9 Å². The molecule has 9 N–H and O–H groups in total.